The average molecular weight is 419 g/mol. The third-order valence-electron chi connectivity index (χ3n) is 5.38. The molecule has 8 heteroatoms. The van der Waals surface area contributed by atoms with E-state index in [1.165, 1.54) is 10.2 Å². The molecule has 1 saturated heterocycles. The van der Waals surface area contributed by atoms with E-state index < -0.39 is 0 Å². The van der Waals surface area contributed by atoms with Gasteiger partial charge in [0.2, 0.25) is 0 Å². The summed E-state index contributed by atoms with van der Waals surface area (Å²) in [4.78, 5) is 17.7. The number of nitrogens with zero attached hydrogens (tertiary/aromatic N) is 6. The second kappa shape index (κ2) is 9.53. The fourth-order valence-electron chi connectivity index (χ4n) is 3.67. The van der Waals surface area contributed by atoms with Gasteiger partial charge in [0.05, 0.1) is 7.11 Å². The van der Waals surface area contributed by atoms with Crippen LogP contribution in [0.1, 0.15) is 17.0 Å². The van der Waals surface area contributed by atoms with Crippen molar-refractivity contribution in [3.05, 3.63) is 71.5 Å². The highest BCUT2D eigenvalue weighted by atomic mass is 16.5. The lowest BCUT2D eigenvalue weighted by molar-refractivity contribution is -0.127. The van der Waals surface area contributed by atoms with Gasteiger partial charge in [-0.05, 0) is 46.7 Å². The number of amides is 1. The Kier molecular flexibility index (Phi) is 6.37. The van der Waals surface area contributed by atoms with Crippen molar-refractivity contribution in [1.82, 2.24) is 30.0 Å². The highest BCUT2D eigenvalue weighted by molar-refractivity contribution is 6.18. The molecule has 4 rings (SSSR count). The summed E-state index contributed by atoms with van der Waals surface area (Å²) in [7, 11) is 1.62. The lowest BCUT2D eigenvalue weighted by Gasteiger charge is -2.35. The number of benzene rings is 2. The van der Waals surface area contributed by atoms with Gasteiger partial charge in [0, 0.05) is 32.7 Å². The van der Waals surface area contributed by atoms with Crippen molar-refractivity contribution in [3.8, 4) is 5.75 Å². The van der Waals surface area contributed by atoms with Gasteiger partial charge in [0.15, 0.2) is 5.82 Å². The number of methoxy groups -OCH3 is 1. The van der Waals surface area contributed by atoms with Crippen molar-refractivity contribution in [3.63, 3.8) is 0 Å². The van der Waals surface area contributed by atoms with Crippen LogP contribution >= 0.6 is 0 Å². The third-order valence-corrected chi connectivity index (χ3v) is 5.38. The Morgan fingerprint density at radius 3 is 2.52 bits per heavy atom. The normalized spacial score (nSPS) is 15.2. The molecule has 1 amide bonds. The molecule has 8 nitrogen and oxygen atoms in total. The molecule has 31 heavy (non-hydrogen) atoms. The van der Waals surface area contributed by atoms with Gasteiger partial charge in [0.1, 0.15) is 11.4 Å². The zero-order chi connectivity index (χ0) is 21.6. The number of carbonyl (C=O) groups excluding carboxylic acids is 1. The van der Waals surface area contributed by atoms with Crippen LogP contribution in [-0.2, 0) is 11.3 Å². The molecule has 1 aliphatic rings. The van der Waals surface area contributed by atoms with E-state index in [2.05, 4.69) is 44.7 Å². The molecule has 0 N–H and O–H groups in total. The monoisotopic (exact) mass is 418 g/mol. The maximum atomic E-state index is 13.5. The van der Waals surface area contributed by atoms with E-state index in [-0.39, 0.29) is 5.91 Å². The summed E-state index contributed by atoms with van der Waals surface area (Å²) in [6.07, 6.45) is 1.81. The van der Waals surface area contributed by atoms with Gasteiger partial charge in [0.25, 0.3) is 5.91 Å². The van der Waals surface area contributed by atoms with Crippen LogP contribution in [0.5, 0.6) is 5.75 Å². The van der Waals surface area contributed by atoms with Gasteiger partial charge >= 0.3 is 0 Å². The molecule has 0 aliphatic carbocycles. The van der Waals surface area contributed by atoms with E-state index >= 15 is 0 Å². The Morgan fingerprint density at radius 1 is 1.06 bits per heavy atom. The van der Waals surface area contributed by atoms with Crippen molar-refractivity contribution in [2.75, 3.05) is 33.3 Å². The fourth-order valence-corrected chi connectivity index (χ4v) is 3.67. The first-order chi connectivity index (χ1) is 15.1. The lowest BCUT2D eigenvalue weighted by Crippen LogP contribution is -2.48. The Labute approximate surface area is 181 Å². The minimum atomic E-state index is -0.0856. The molecular weight excluding hydrogens is 392 g/mol. The van der Waals surface area contributed by atoms with Crippen LogP contribution in [0.25, 0.3) is 11.8 Å². The minimum Gasteiger partial charge on any atom is -0.497 e. The number of ether oxygens (including phenoxy) is 1. The molecule has 0 saturated carbocycles. The molecular formula is C23H26N6O2. The molecule has 2 aromatic carbocycles. The Hall–Kier alpha value is -3.52. The number of tetrazole rings is 1. The van der Waals surface area contributed by atoms with Crippen LogP contribution in [0.15, 0.2) is 54.6 Å². The second-order valence-electron chi connectivity index (χ2n) is 7.50. The van der Waals surface area contributed by atoms with Crippen molar-refractivity contribution in [1.29, 1.82) is 0 Å². The predicted octanol–water partition coefficient (Wildman–Crippen LogP) is 2.33. The number of hydrogen-bond donors (Lipinski definition) is 0. The molecule has 0 radical (unpaired) electrons. The standard InChI is InChI=1S/C23H26N6O2/c1-18-24-25-26-29(18)22(16-20-9-6-10-21(15-20)31-2)23(30)28-13-11-27(12-14-28)17-19-7-4-3-5-8-19/h3-10,15-16H,11-14,17H2,1-2H3/b22-16-. The van der Waals surface area contributed by atoms with Crippen LogP contribution in [-0.4, -0.2) is 69.2 Å². The molecule has 2 heterocycles. The molecule has 0 unspecified atom stereocenters. The van der Waals surface area contributed by atoms with Crippen LogP contribution in [0, 0.1) is 6.92 Å². The van der Waals surface area contributed by atoms with Gasteiger partial charge in [-0.3, -0.25) is 9.69 Å². The van der Waals surface area contributed by atoms with E-state index in [0.717, 1.165) is 30.9 Å². The Balaban J connectivity index is 1.52. The van der Waals surface area contributed by atoms with Gasteiger partial charge in [-0.1, -0.05) is 42.5 Å². The first kappa shape index (κ1) is 20.7. The number of hydrogen-bond acceptors (Lipinski definition) is 6. The summed E-state index contributed by atoms with van der Waals surface area (Å²) < 4.78 is 6.81. The zero-order valence-corrected chi connectivity index (χ0v) is 17.8. The van der Waals surface area contributed by atoms with E-state index in [0.29, 0.717) is 24.6 Å². The SMILES string of the molecule is COc1cccc(/C=C(/C(=O)N2CCN(Cc3ccccc3)CC2)n2nnnc2C)c1. The highest BCUT2D eigenvalue weighted by Crippen LogP contribution is 2.20. The quantitative estimate of drug-likeness (QED) is 0.572. The van der Waals surface area contributed by atoms with Crippen LogP contribution in [0.4, 0.5) is 0 Å². The molecule has 3 aromatic rings. The highest BCUT2D eigenvalue weighted by Gasteiger charge is 2.26. The van der Waals surface area contributed by atoms with Gasteiger partial charge < -0.3 is 9.64 Å². The first-order valence-corrected chi connectivity index (χ1v) is 10.3. The predicted molar refractivity (Wildman–Crippen MR) is 118 cm³/mol. The maximum absolute atomic E-state index is 13.5. The second-order valence-corrected chi connectivity index (χ2v) is 7.50. The van der Waals surface area contributed by atoms with Gasteiger partial charge in [-0.2, -0.15) is 4.68 Å². The topological polar surface area (TPSA) is 76.4 Å². The summed E-state index contributed by atoms with van der Waals surface area (Å²) in [5.41, 5.74) is 2.55. The average Bonchev–Trinajstić information content (AvgIpc) is 3.24. The molecule has 0 bridgehead atoms. The summed E-state index contributed by atoms with van der Waals surface area (Å²) in [6, 6.07) is 18.0. The van der Waals surface area contributed by atoms with Crippen molar-refractivity contribution in [2.45, 2.75) is 13.5 Å². The Bertz CT molecular complexity index is 1050. The number of carbonyl (C=O) groups is 1. The van der Waals surface area contributed by atoms with Gasteiger partial charge in [-0.15, -0.1) is 5.10 Å². The summed E-state index contributed by atoms with van der Waals surface area (Å²) in [6.45, 7) is 5.62. The van der Waals surface area contributed by atoms with Gasteiger partial charge in [-0.25, -0.2) is 0 Å². The van der Waals surface area contributed by atoms with E-state index in [1.54, 1.807) is 14.0 Å². The van der Waals surface area contributed by atoms with Crippen LogP contribution < -0.4 is 4.74 Å². The number of piperazine rings is 1. The van der Waals surface area contributed by atoms with Crippen LogP contribution in [0.2, 0.25) is 0 Å². The number of rotatable bonds is 6. The molecule has 1 fully saturated rings. The van der Waals surface area contributed by atoms with Crippen molar-refractivity contribution < 1.29 is 9.53 Å². The molecule has 0 atom stereocenters. The van der Waals surface area contributed by atoms with Crippen molar-refractivity contribution >= 4 is 17.7 Å². The molecule has 0 spiro atoms. The first-order valence-electron chi connectivity index (χ1n) is 10.3. The van der Waals surface area contributed by atoms with E-state index in [9.17, 15) is 4.79 Å². The Morgan fingerprint density at radius 2 is 1.84 bits per heavy atom. The maximum Gasteiger partial charge on any atom is 0.272 e. The third kappa shape index (κ3) is 4.97. The smallest absolute Gasteiger partial charge is 0.272 e. The zero-order valence-electron chi connectivity index (χ0n) is 17.8. The van der Waals surface area contributed by atoms with E-state index in [1.807, 2.05) is 41.3 Å². The summed E-state index contributed by atoms with van der Waals surface area (Å²) in [5, 5.41) is 11.7. The molecule has 160 valence electrons. The fraction of sp³-hybridized carbons (Fsp3) is 0.304. The number of aromatic nitrogens is 4. The van der Waals surface area contributed by atoms with Crippen molar-refractivity contribution in [2.24, 2.45) is 0 Å². The summed E-state index contributed by atoms with van der Waals surface area (Å²) in [5.74, 6) is 1.20. The van der Waals surface area contributed by atoms with E-state index in [4.69, 9.17) is 4.74 Å². The molecule has 1 aromatic heterocycles. The molecule has 1 aliphatic heterocycles. The number of aryl methyl sites for hydroxylation is 1. The largest absolute Gasteiger partial charge is 0.497 e. The minimum absolute atomic E-state index is 0.0856. The lowest BCUT2D eigenvalue weighted by atomic mass is 10.1. The summed E-state index contributed by atoms with van der Waals surface area (Å²) >= 11 is 0. The van der Waals surface area contributed by atoms with Crippen LogP contribution in [0.3, 0.4) is 0 Å².